The lowest BCUT2D eigenvalue weighted by atomic mass is 10.7. The summed E-state index contributed by atoms with van der Waals surface area (Å²) in [6.45, 7) is 0. The lowest BCUT2D eigenvalue weighted by Crippen LogP contribution is -2.34. The minimum absolute atomic E-state index is 0.415. The first-order valence-corrected chi connectivity index (χ1v) is 4.04. The van der Waals surface area contributed by atoms with Crippen LogP contribution in [0, 0.1) is 10.1 Å². The van der Waals surface area contributed by atoms with Gasteiger partial charge < -0.3 is 26.7 Å². The van der Waals surface area contributed by atoms with Gasteiger partial charge in [-0.15, -0.1) is 4.68 Å². The number of carboxylic acid groups (broad SMARTS) is 1. The van der Waals surface area contributed by atoms with Crippen molar-refractivity contribution in [3.8, 4) is 0 Å². The third kappa shape index (κ3) is 3.29. The molecule has 0 aliphatic carbocycles. The van der Waals surface area contributed by atoms with Crippen molar-refractivity contribution < 1.29 is 14.8 Å². The second-order valence-corrected chi connectivity index (χ2v) is 2.66. The third-order valence-corrected chi connectivity index (χ3v) is 1.43. The molecular formula is C5H8N8O4. The molecule has 0 radical (unpaired) electrons. The molecule has 1 heterocycles. The Morgan fingerprint density at radius 1 is 1.71 bits per heavy atom. The van der Waals surface area contributed by atoms with Crippen LogP contribution in [0.5, 0.6) is 0 Å². The highest BCUT2D eigenvalue weighted by Gasteiger charge is 2.21. The summed E-state index contributed by atoms with van der Waals surface area (Å²) >= 11 is 0. The summed E-state index contributed by atoms with van der Waals surface area (Å²) in [5.74, 6) is -1.12. The molecule has 17 heavy (non-hydrogen) atoms. The average molecular weight is 244 g/mol. The number of guanidine groups is 1. The van der Waals surface area contributed by atoms with Gasteiger partial charge in [-0.05, 0) is 4.92 Å². The zero-order chi connectivity index (χ0) is 13.0. The molecule has 12 nitrogen and oxygen atoms in total. The Bertz CT molecular complexity index is 462. The molecule has 0 spiro atoms. The first-order chi connectivity index (χ1) is 7.90. The van der Waals surface area contributed by atoms with Crippen LogP contribution in [0.1, 0.15) is 6.29 Å². The predicted octanol–water partition coefficient (Wildman–Crippen LogP) is -1.82. The molecule has 1 amide bonds. The Labute approximate surface area is 93.1 Å². The van der Waals surface area contributed by atoms with Crippen LogP contribution in [0.15, 0.2) is 11.3 Å². The predicted molar refractivity (Wildman–Crippen MR) is 52.7 cm³/mol. The summed E-state index contributed by atoms with van der Waals surface area (Å²) in [5.41, 5.74) is 10.1. The van der Waals surface area contributed by atoms with E-state index in [0.29, 0.717) is 0 Å². The number of amides is 1. The van der Waals surface area contributed by atoms with E-state index in [9.17, 15) is 14.9 Å². The standard InChI is InChI=1S/C5H8N8O4/c6-2(7)9-4(10-5(14)15)12-1-8-3(11-12)13(16)17/h1,4,10H,(H,14,15)(H4,6,7,9). The number of carbonyl (C=O) groups is 1. The lowest BCUT2D eigenvalue weighted by molar-refractivity contribution is -0.394. The number of hydrogen-bond donors (Lipinski definition) is 4. The lowest BCUT2D eigenvalue weighted by Gasteiger charge is -2.09. The van der Waals surface area contributed by atoms with Crippen LogP contribution in [0.2, 0.25) is 0 Å². The van der Waals surface area contributed by atoms with Gasteiger partial charge in [0.05, 0.1) is 0 Å². The van der Waals surface area contributed by atoms with E-state index in [1.807, 2.05) is 5.32 Å². The van der Waals surface area contributed by atoms with Crippen molar-refractivity contribution in [3.63, 3.8) is 0 Å². The monoisotopic (exact) mass is 244 g/mol. The van der Waals surface area contributed by atoms with E-state index in [1.165, 1.54) is 0 Å². The first-order valence-electron chi connectivity index (χ1n) is 4.04. The van der Waals surface area contributed by atoms with E-state index in [4.69, 9.17) is 16.6 Å². The van der Waals surface area contributed by atoms with Gasteiger partial charge in [0.15, 0.2) is 5.96 Å². The van der Waals surface area contributed by atoms with Crippen molar-refractivity contribution >= 4 is 18.0 Å². The molecule has 0 fully saturated rings. The highest BCUT2D eigenvalue weighted by Crippen LogP contribution is 2.06. The molecule has 0 saturated heterocycles. The Balaban J connectivity index is 2.99. The van der Waals surface area contributed by atoms with Gasteiger partial charge in [-0.25, -0.2) is 9.79 Å². The van der Waals surface area contributed by atoms with Crippen molar-refractivity contribution in [2.45, 2.75) is 6.29 Å². The average Bonchev–Trinajstić information content (AvgIpc) is 2.63. The van der Waals surface area contributed by atoms with E-state index in [0.717, 1.165) is 11.0 Å². The summed E-state index contributed by atoms with van der Waals surface area (Å²) in [7, 11) is 0. The zero-order valence-electron chi connectivity index (χ0n) is 8.22. The van der Waals surface area contributed by atoms with Gasteiger partial charge in [-0.1, -0.05) is 4.98 Å². The van der Waals surface area contributed by atoms with E-state index in [1.54, 1.807) is 0 Å². The third-order valence-electron chi connectivity index (χ3n) is 1.43. The molecule has 6 N–H and O–H groups in total. The molecule has 0 aliphatic rings. The Hall–Kier alpha value is -2.92. The van der Waals surface area contributed by atoms with Crippen molar-refractivity contribution in [3.05, 3.63) is 16.4 Å². The molecule has 1 atom stereocenters. The highest BCUT2D eigenvalue weighted by atomic mass is 16.6. The fourth-order valence-corrected chi connectivity index (χ4v) is 0.876. The fraction of sp³-hybridized carbons (Fsp3) is 0.200. The molecule has 0 bridgehead atoms. The van der Waals surface area contributed by atoms with E-state index >= 15 is 0 Å². The number of nitro groups is 1. The van der Waals surface area contributed by atoms with Gasteiger partial charge in [0.2, 0.25) is 12.6 Å². The number of rotatable bonds is 4. The van der Waals surface area contributed by atoms with Crippen LogP contribution in [0.3, 0.4) is 0 Å². The number of aromatic nitrogens is 3. The van der Waals surface area contributed by atoms with Crippen molar-refractivity contribution in [2.24, 2.45) is 16.5 Å². The Morgan fingerprint density at radius 3 is 2.76 bits per heavy atom. The fourth-order valence-electron chi connectivity index (χ4n) is 0.876. The maximum absolute atomic E-state index is 10.4. The van der Waals surface area contributed by atoms with Crippen LogP contribution >= 0.6 is 0 Å². The van der Waals surface area contributed by atoms with Gasteiger partial charge in [-0.2, -0.15) is 0 Å². The topological polar surface area (TPSA) is 188 Å². The molecular weight excluding hydrogens is 236 g/mol. The summed E-state index contributed by atoms with van der Waals surface area (Å²) in [6.07, 6.45) is -1.83. The quantitative estimate of drug-likeness (QED) is 0.206. The molecule has 92 valence electrons. The smallest absolute Gasteiger partial charge is 0.465 e. The van der Waals surface area contributed by atoms with Crippen molar-refractivity contribution in [1.82, 2.24) is 20.1 Å². The minimum Gasteiger partial charge on any atom is -0.465 e. The highest BCUT2D eigenvalue weighted by molar-refractivity contribution is 5.76. The first kappa shape index (κ1) is 12.2. The molecule has 0 aliphatic heterocycles. The largest absolute Gasteiger partial charge is 0.491 e. The van der Waals surface area contributed by atoms with Gasteiger partial charge in [0, 0.05) is 5.10 Å². The number of nitrogens with two attached hydrogens (primary N) is 2. The summed E-state index contributed by atoms with van der Waals surface area (Å²) in [4.78, 5) is 26.7. The molecule has 1 unspecified atom stereocenters. The van der Waals surface area contributed by atoms with Crippen LogP contribution < -0.4 is 16.8 Å². The van der Waals surface area contributed by atoms with Crippen LogP contribution in [-0.4, -0.2) is 36.8 Å². The number of hydrogen-bond acceptors (Lipinski definition) is 6. The van der Waals surface area contributed by atoms with Crippen molar-refractivity contribution in [2.75, 3.05) is 0 Å². The van der Waals surface area contributed by atoms with Crippen LogP contribution in [0.4, 0.5) is 10.7 Å². The number of nitrogens with one attached hydrogen (secondary N) is 1. The Morgan fingerprint density at radius 2 is 2.35 bits per heavy atom. The van der Waals surface area contributed by atoms with Gasteiger partial charge in [-0.3, -0.25) is 5.32 Å². The Kier molecular flexibility index (Phi) is 3.38. The molecule has 1 aromatic heterocycles. The number of aliphatic imine (C=N–C) groups is 1. The molecule has 1 rings (SSSR count). The molecule has 1 aromatic rings. The van der Waals surface area contributed by atoms with E-state index in [2.05, 4.69) is 15.1 Å². The summed E-state index contributed by atoms with van der Waals surface area (Å²) < 4.78 is 0.798. The SMILES string of the molecule is NC(N)=NC(NC(=O)O)n1cnc([N+](=O)[O-])n1. The second kappa shape index (κ2) is 4.73. The normalized spacial score (nSPS) is 11.5. The number of nitrogens with zero attached hydrogens (tertiary/aromatic N) is 5. The maximum atomic E-state index is 10.4. The zero-order valence-corrected chi connectivity index (χ0v) is 8.22. The van der Waals surface area contributed by atoms with Crippen LogP contribution in [-0.2, 0) is 0 Å². The van der Waals surface area contributed by atoms with E-state index < -0.39 is 29.2 Å². The van der Waals surface area contributed by atoms with Gasteiger partial charge >= 0.3 is 12.0 Å². The maximum Gasteiger partial charge on any atom is 0.491 e. The van der Waals surface area contributed by atoms with Crippen LogP contribution in [0.25, 0.3) is 0 Å². The van der Waals surface area contributed by atoms with Gasteiger partial charge in [0.1, 0.15) is 0 Å². The van der Waals surface area contributed by atoms with Gasteiger partial charge in [0.25, 0.3) is 0 Å². The molecule has 0 aromatic carbocycles. The summed E-state index contributed by atoms with van der Waals surface area (Å²) in [5, 5.41) is 24.1. The van der Waals surface area contributed by atoms with E-state index in [-0.39, 0.29) is 0 Å². The summed E-state index contributed by atoms with van der Waals surface area (Å²) in [6, 6.07) is 0. The second-order valence-electron chi connectivity index (χ2n) is 2.66. The van der Waals surface area contributed by atoms with Crippen molar-refractivity contribution in [1.29, 1.82) is 0 Å². The molecule has 12 heteroatoms. The molecule has 0 saturated carbocycles. The minimum atomic E-state index is -1.43.